The number of aromatic amines is 1. The number of aromatic nitrogens is 2. The van der Waals surface area contributed by atoms with Crippen LogP contribution in [0.5, 0.6) is 0 Å². The second-order valence-corrected chi connectivity index (χ2v) is 6.90. The molecule has 0 unspecified atom stereocenters. The maximum Gasteiger partial charge on any atom is 0.328 e. The number of hydrogen-bond donors (Lipinski definition) is 2. The standard InChI is InChI=1S/C19H16ClN3O3S/c1-27-16-9-5-4-8-15(16)22-17(24)13-10-21-19(26)23(18(13)25)11-12-6-2-3-7-14(12)20/h2-10H,11H2,1H3,(H,21,26)(H,22,24). The summed E-state index contributed by atoms with van der Waals surface area (Å²) < 4.78 is 0.955. The molecule has 6 nitrogen and oxygen atoms in total. The summed E-state index contributed by atoms with van der Waals surface area (Å²) in [6.07, 6.45) is 3.02. The molecule has 1 heterocycles. The molecule has 3 aromatic rings. The lowest BCUT2D eigenvalue weighted by atomic mass is 10.2. The van der Waals surface area contributed by atoms with Crippen molar-refractivity contribution in [2.45, 2.75) is 11.4 Å². The molecule has 3 rings (SSSR count). The van der Waals surface area contributed by atoms with Crippen LogP contribution >= 0.6 is 23.4 Å². The summed E-state index contributed by atoms with van der Waals surface area (Å²) in [5.74, 6) is -0.592. The first-order valence-corrected chi connectivity index (χ1v) is 9.62. The van der Waals surface area contributed by atoms with Gasteiger partial charge in [0.1, 0.15) is 5.56 Å². The summed E-state index contributed by atoms with van der Waals surface area (Å²) in [5.41, 5.74) is -0.244. The summed E-state index contributed by atoms with van der Waals surface area (Å²) in [6.45, 7) is -0.0314. The normalized spacial score (nSPS) is 10.6. The van der Waals surface area contributed by atoms with Gasteiger partial charge in [-0.1, -0.05) is 41.9 Å². The minimum Gasteiger partial charge on any atom is -0.321 e. The Morgan fingerprint density at radius 2 is 1.85 bits per heavy atom. The second kappa shape index (κ2) is 8.28. The highest BCUT2D eigenvalue weighted by atomic mass is 35.5. The van der Waals surface area contributed by atoms with Crippen molar-refractivity contribution in [3.05, 3.63) is 91.7 Å². The predicted octanol–water partition coefficient (Wildman–Crippen LogP) is 3.21. The first-order chi connectivity index (χ1) is 13.0. The largest absolute Gasteiger partial charge is 0.328 e. The number of carbonyl (C=O) groups is 1. The van der Waals surface area contributed by atoms with Gasteiger partial charge in [-0.2, -0.15) is 0 Å². The van der Waals surface area contributed by atoms with Crippen LogP contribution < -0.4 is 16.6 Å². The Bertz CT molecular complexity index is 1110. The van der Waals surface area contributed by atoms with E-state index in [1.807, 2.05) is 18.4 Å². The molecular formula is C19H16ClN3O3S. The van der Waals surface area contributed by atoms with Crippen molar-refractivity contribution in [1.29, 1.82) is 0 Å². The Kier molecular flexibility index (Phi) is 5.83. The van der Waals surface area contributed by atoms with Gasteiger partial charge in [0.25, 0.3) is 11.5 Å². The zero-order valence-electron chi connectivity index (χ0n) is 14.4. The molecule has 0 aliphatic rings. The number of thioether (sulfide) groups is 1. The lowest BCUT2D eigenvalue weighted by Crippen LogP contribution is -2.39. The van der Waals surface area contributed by atoms with E-state index in [-0.39, 0.29) is 12.1 Å². The molecule has 2 aromatic carbocycles. The first kappa shape index (κ1) is 19.0. The number of hydrogen-bond acceptors (Lipinski definition) is 4. The van der Waals surface area contributed by atoms with Crippen molar-refractivity contribution in [2.75, 3.05) is 11.6 Å². The fourth-order valence-electron chi connectivity index (χ4n) is 2.55. The number of halogens is 1. The molecule has 0 saturated heterocycles. The van der Waals surface area contributed by atoms with Crippen molar-refractivity contribution < 1.29 is 4.79 Å². The zero-order valence-corrected chi connectivity index (χ0v) is 15.9. The van der Waals surface area contributed by atoms with Gasteiger partial charge in [-0.05, 0) is 30.0 Å². The van der Waals surface area contributed by atoms with Gasteiger partial charge in [0, 0.05) is 16.1 Å². The molecule has 0 aliphatic carbocycles. The van der Waals surface area contributed by atoms with Gasteiger partial charge in [0.05, 0.1) is 12.2 Å². The van der Waals surface area contributed by atoms with Gasteiger partial charge >= 0.3 is 5.69 Å². The van der Waals surface area contributed by atoms with E-state index in [0.29, 0.717) is 16.3 Å². The third-order valence-electron chi connectivity index (χ3n) is 3.95. The van der Waals surface area contributed by atoms with E-state index in [4.69, 9.17) is 11.6 Å². The Labute approximate surface area is 164 Å². The van der Waals surface area contributed by atoms with E-state index in [9.17, 15) is 14.4 Å². The fraction of sp³-hybridized carbons (Fsp3) is 0.105. The lowest BCUT2D eigenvalue weighted by molar-refractivity contribution is 0.102. The quantitative estimate of drug-likeness (QED) is 0.643. The summed E-state index contributed by atoms with van der Waals surface area (Å²) in [4.78, 5) is 40.8. The third kappa shape index (κ3) is 4.15. The number of amides is 1. The van der Waals surface area contributed by atoms with E-state index in [1.54, 1.807) is 36.4 Å². The number of nitrogens with one attached hydrogen (secondary N) is 2. The summed E-state index contributed by atoms with van der Waals surface area (Å²) in [5, 5.41) is 3.16. The Morgan fingerprint density at radius 3 is 2.59 bits per heavy atom. The van der Waals surface area contributed by atoms with Gasteiger partial charge in [-0.15, -0.1) is 11.8 Å². The van der Waals surface area contributed by atoms with Crippen LogP contribution in [0.3, 0.4) is 0 Å². The number of para-hydroxylation sites is 1. The first-order valence-electron chi connectivity index (χ1n) is 8.01. The zero-order chi connectivity index (χ0) is 19.4. The Morgan fingerprint density at radius 1 is 1.15 bits per heavy atom. The number of carbonyl (C=O) groups excluding carboxylic acids is 1. The minimum atomic E-state index is -0.683. The van der Waals surface area contributed by atoms with Crippen LogP contribution in [0.2, 0.25) is 5.02 Å². The van der Waals surface area contributed by atoms with Crippen LogP contribution in [0.4, 0.5) is 5.69 Å². The van der Waals surface area contributed by atoms with Crippen molar-refractivity contribution in [3.63, 3.8) is 0 Å². The number of anilines is 1. The van der Waals surface area contributed by atoms with Crippen molar-refractivity contribution in [2.24, 2.45) is 0 Å². The number of nitrogens with zero attached hydrogens (tertiary/aromatic N) is 1. The summed E-state index contributed by atoms with van der Waals surface area (Å²) >= 11 is 7.59. The Hall–Kier alpha value is -2.77. The van der Waals surface area contributed by atoms with Crippen LogP contribution in [0.25, 0.3) is 0 Å². The van der Waals surface area contributed by atoms with Crippen LogP contribution in [0.1, 0.15) is 15.9 Å². The van der Waals surface area contributed by atoms with Crippen LogP contribution in [0, 0.1) is 0 Å². The molecule has 1 aromatic heterocycles. The average molecular weight is 402 g/mol. The van der Waals surface area contributed by atoms with Crippen molar-refractivity contribution in [3.8, 4) is 0 Å². The highest BCUT2D eigenvalue weighted by Gasteiger charge is 2.16. The van der Waals surface area contributed by atoms with E-state index < -0.39 is 17.2 Å². The van der Waals surface area contributed by atoms with Gasteiger partial charge in [-0.3, -0.25) is 14.2 Å². The predicted molar refractivity (Wildman–Crippen MR) is 108 cm³/mol. The lowest BCUT2D eigenvalue weighted by Gasteiger charge is -2.11. The maximum atomic E-state index is 12.7. The monoisotopic (exact) mass is 401 g/mol. The molecule has 0 bridgehead atoms. The highest BCUT2D eigenvalue weighted by molar-refractivity contribution is 7.98. The topological polar surface area (TPSA) is 84.0 Å². The van der Waals surface area contributed by atoms with E-state index >= 15 is 0 Å². The second-order valence-electron chi connectivity index (χ2n) is 5.64. The molecule has 0 aliphatic heterocycles. The van der Waals surface area contributed by atoms with Gasteiger partial charge in [0.15, 0.2) is 0 Å². The molecule has 0 spiro atoms. The van der Waals surface area contributed by atoms with Gasteiger partial charge in [0.2, 0.25) is 0 Å². The number of H-pyrrole nitrogens is 1. The van der Waals surface area contributed by atoms with Crippen LogP contribution in [-0.4, -0.2) is 21.7 Å². The van der Waals surface area contributed by atoms with Crippen molar-refractivity contribution in [1.82, 2.24) is 9.55 Å². The number of rotatable bonds is 5. The molecule has 0 radical (unpaired) electrons. The molecule has 138 valence electrons. The van der Waals surface area contributed by atoms with Crippen molar-refractivity contribution >= 4 is 35.0 Å². The molecule has 2 N–H and O–H groups in total. The molecule has 8 heteroatoms. The van der Waals surface area contributed by atoms with E-state index in [2.05, 4.69) is 10.3 Å². The maximum absolute atomic E-state index is 12.7. The highest BCUT2D eigenvalue weighted by Crippen LogP contribution is 2.24. The summed E-state index contributed by atoms with van der Waals surface area (Å²) in [7, 11) is 0. The van der Waals surface area contributed by atoms with Gasteiger partial charge in [-0.25, -0.2) is 4.79 Å². The molecule has 0 atom stereocenters. The van der Waals surface area contributed by atoms with Crippen LogP contribution in [-0.2, 0) is 6.54 Å². The Balaban J connectivity index is 1.95. The molecule has 1 amide bonds. The summed E-state index contributed by atoms with van der Waals surface area (Å²) in [6, 6.07) is 14.2. The molecular weight excluding hydrogens is 386 g/mol. The average Bonchev–Trinajstić information content (AvgIpc) is 2.67. The molecule has 0 fully saturated rings. The SMILES string of the molecule is CSc1ccccc1NC(=O)c1c[nH]c(=O)n(Cc2ccccc2Cl)c1=O. The molecule has 27 heavy (non-hydrogen) atoms. The smallest absolute Gasteiger partial charge is 0.321 e. The molecule has 0 saturated carbocycles. The van der Waals surface area contributed by atoms with E-state index in [1.165, 1.54) is 11.8 Å². The third-order valence-corrected chi connectivity index (χ3v) is 5.11. The number of benzene rings is 2. The minimum absolute atomic E-state index is 0.0314. The fourth-order valence-corrected chi connectivity index (χ4v) is 3.30. The van der Waals surface area contributed by atoms with Crippen LogP contribution in [0.15, 0.2) is 69.2 Å². The van der Waals surface area contributed by atoms with Gasteiger partial charge < -0.3 is 10.3 Å². The van der Waals surface area contributed by atoms with E-state index in [0.717, 1.165) is 15.7 Å².